The van der Waals surface area contributed by atoms with Crippen molar-refractivity contribution in [3.8, 4) is 0 Å². The van der Waals surface area contributed by atoms with Crippen molar-refractivity contribution in [1.82, 2.24) is 4.90 Å². The molecule has 0 aliphatic carbocycles. The summed E-state index contributed by atoms with van der Waals surface area (Å²) >= 11 is 0. The molecular weight excluding hydrogens is 274 g/mol. The molecule has 0 N–H and O–H groups in total. The first-order chi connectivity index (χ1) is 9.44. The Morgan fingerprint density at radius 2 is 2.00 bits per heavy atom. The average molecular weight is 295 g/mol. The van der Waals surface area contributed by atoms with E-state index in [1.165, 1.54) is 0 Å². The van der Waals surface area contributed by atoms with E-state index in [2.05, 4.69) is 0 Å². The van der Waals surface area contributed by atoms with Crippen LogP contribution >= 0.6 is 0 Å². The molecule has 1 amide bonds. The van der Waals surface area contributed by atoms with Crippen molar-refractivity contribution in [3.05, 3.63) is 35.9 Å². The van der Waals surface area contributed by atoms with Gasteiger partial charge in [0.15, 0.2) is 9.84 Å². The van der Waals surface area contributed by atoms with Gasteiger partial charge in [-0.15, -0.1) is 0 Å². The van der Waals surface area contributed by atoms with Crippen LogP contribution in [-0.2, 0) is 9.84 Å². The number of sulfone groups is 1. The maximum absolute atomic E-state index is 12.7. The second kappa shape index (κ2) is 5.95. The zero-order valence-corrected chi connectivity index (χ0v) is 12.8. The van der Waals surface area contributed by atoms with Crippen LogP contribution in [0.1, 0.15) is 37.0 Å². The van der Waals surface area contributed by atoms with Gasteiger partial charge in [-0.1, -0.05) is 25.1 Å². The molecule has 1 heterocycles. The highest BCUT2D eigenvalue weighted by Crippen LogP contribution is 2.23. The predicted octanol–water partition coefficient (Wildman–Crippen LogP) is 2.11. The Kier molecular flexibility index (Phi) is 4.48. The van der Waals surface area contributed by atoms with Crippen LogP contribution in [0.5, 0.6) is 0 Å². The molecule has 0 radical (unpaired) electrons. The van der Waals surface area contributed by atoms with Crippen molar-refractivity contribution in [2.45, 2.75) is 38.8 Å². The monoisotopic (exact) mass is 295 g/mol. The van der Waals surface area contributed by atoms with Gasteiger partial charge in [0.05, 0.1) is 11.5 Å². The first-order valence-electron chi connectivity index (χ1n) is 7.02. The van der Waals surface area contributed by atoms with E-state index < -0.39 is 9.84 Å². The third-order valence-corrected chi connectivity index (χ3v) is 5.67. The number of hydrogen-bond acceptors (Lipinski definition) is 3. The number of rotatable bonds is 4. The predicted molar refractivity (Wildman–Crippen MR) is 79.4 cm³/mol. The first-order valence-corrected chi connectivity index (χ1v) is 8.85. The molecule has 2 rings (SSSR count). The molecule has 0 bridgehead atoms. The maximum atomic E-state index is 12.7. The zero-order chi connectivity index (χ0) is 14.8. The van der Waals surface area contributed by atoms with Gasteiger partial charge in [-0.25, -0.2) is 8.42 Å². The molecule has 0 spiro atoms. The highest BCUT2D eigenvalue weighted by Gasteiger charge is 2.36. The van der Waals surface area contributed by atoms with Crippen molar-refractivity contribution >= 4 is 15.7 Å². The fraction of sp³-hybridized carbons (Fsp3) is 0.533. The van der Waals surface area contributed by atoms with Crippen LogP contribution in [0, 0.1) is 0 Å². The summed E-state index contributed by atoms with van der Waals surface area (Å²) in [6.45, 7) is 3.99. The lowest BCUT2D eigenvalue weighted by Gasteiger charge is -2.33. The molecule has 20 heavy (non-hydrogen) atoms. The lowest BCUT2D eigenvalue weighted by atomic mass is 10.1. The van der Waals surface area contributed by atoms with Gasteiger partial charge in [-0.05, 0) is 31.9 Å². The minimum absolute atomic E-state index is 0.0426. The quantitative estimate of drug-likeness (QED) is 0.855. The van der Waals surface area contributed by atoms with Crippen molar-refractivity contribution in [1.29, 1.82) is 0 Å². The smallest absolute Gasteiger partial charge is 0.254 e. The number of hydrogen-bond donors (Lipinski definition) is 0. The number of carbonyl (C=O) groups is 1. The van der Waals surface area contributed by atoms with E-state index in [9.17, 15) is 13.2 Å². The normalized spacial score (nSPS) is 22.4. The molecule has 2 unspecified atom stereocenters. The Hall–Kier alpha value is -1.36. The van der Waals surface area contributed by atoms with Crippen molar-refractivity contribution < 1.29 is 13.2 Å². The summed E-state index contributed by atoms with van der Waals surface area (Å²) < 4.78 is 23.4. The minimum atomic E-state index is -2.99. The Balaban J connectivity index is 2.27. The van der Waals surface area contributed by atoms with Crippen molar-refractivity contribution in [3.63, 3.8) is 0 Å². The van der Waals surface area contributed by atoms with E-state index in [0.29, 0.717) is 12.0 Å². The van der Waals surface area contributed by atoms with E-state index in [0.717, 1.165) is 6.42 Å². The van der Waals surface area contributed by atoms with E-state index in [4.69, 9.17) is 0 Å². The molecule has 1 fully saturated rings. The Bertz CT molecular complexity index is 568. The van der Waals surface area contributed by atoms with E-state index in [1.807, 2.05) is 32.0 Å². The van der Waals surface area contributed by atoms with Gasteiger partial charge in [0.1, 0.15) is 0 Å². The summed E-state index contributed by atoms with van der Waals surface area (Å²) in [5, 5.41) is 0. The molecule has 1 saturated heterocycles. The van der Waals surface area contributed by atoms with Crippen LogP contribution in [0.15, 0.2) is 30.3 Å². The third kappa shape index (κ3) is 3.20. The van der Waals surface area contributed by atoms with Gasteiger partial charge < -0.3 is 4.90 Å². The summed E-state index contributed by atoms with van der Waals surface area (Å²) in [5.74, 6) is 0.213. The largest absolute Gasteiger partial charge is 0.332 e. The van der Waals surface area contributed by atoms with Gasteiger partial charge in [0.2, 0.25) is 0 Å². The molecular formula is C15H21NO3S. The van der Waals surface area contributed by atoms with E-state index in [1.54, 1.807) is 17.0 Å². The molecule has 2 atom stereocenters. The molecule has 1 aliphatic rings. The molecule has 0 aromatic heterocycles. The van der Waals surface area contributed by atoms with Gasteiger partial charge in [0, 0.05) is 17.6 Å². The van der Waals surface area contributed by atoms with E-state index in [-0.39, 0.29) is 29.5 Å². The average Bonchev–Trinajstić information content (AvgIpc) is 2.79. The van der Waals surface area contributed by atoms with Crippen LogP contribution in [0.3, 0.4) is 0 Å². The van der Waals surface area contributed by atoms with Crippen molar-refractivity contribution in [2.75, 3.05) is 11.5 Å². The molecule has 0 saturated carbocycles. The second-order valence-electron chi connectivity index (χ2n) is 5.39. The summed E-state index contributed by atoms with van der Waals surface area (Å²) in [6, 6.07) is 8.93. The van der Waals surface area contributed by atoms with Crippen LogP contribution < -0.4 is 0 Å². The standard InChI is InChI=1S/C15H21NO3S/c1-3-12(2)16(14-9-10-20(18,19)11-14)15(17)13-7-5-4-6-8-13/h4-8,12,14H,3,9-11H2,1-2H3. The fourth-order valence-corrected chi connectivity index (χ4v) is 4.36. The highest BCUT2D eigenvalue weighted by molar-refractivity contribution is 7.91. The lowest BCUT2D eigenvalue weighted by molar-refractivity contribution is 0.0610. The summed E-state index contributed by atoms with van der Waals surface area (Å²) in [6.07, 6.45) is 1.36. The highest BCUT2D eigenvalue weighted by atomic mass is 32.2. The van der Waals surface area contributed by atoms with Gasteiger partial charge in [-0.2, -0.15) is 0 Å². The molecule has 1 aromatic rings. The molecule has 1 aromatic carbocycles. The number of nitrogens with zero attached hydrogens (tertiary/aromatic N) is 1. The lowest BCUT2D eigenvalue weighted by Crippen LogP contribution is -2.46. The summed E-state index contributed by atoms with van der Waals surface area (Å²) in [4.78, 5) is 14.4. The molecule has 1 aliphatic heterocycles. The van der Waals surface area contributed by atoms with Gasteiger partial charge in [0.25, 0.3) is 5.91 Å². The maximum Gasteiger partial charge on any atom is 0.254 e. The molecule has 4 nitrogen and oxygen atoms in total. The zero-order valence-electron chi connectivity index (χ0n) is 12.0. The molecule has 5 heteroatoms. The number of carbonyl (C=O) groups excluding carboxylic acids is 1. The van der Waals surface area contributed by atoms with Crippen LogP contribution in [0.2, 0.25) is 0 Å². The summed E-state index contributed by atoms with van der Waals surface area (Å²) in [7, 11) is -2.99. The number of benzene rings is 1. The third-order valence-electron chi connectivity index (χ3n) is 3.92. The summed E-state index contributed by atoms with van der Waals surface area (Å²) in [5.41, 5.74) is 0.622. The Labute approximate surface area is 120 Å². The second-order valence-corrected chi connectivity index (χ2v) is 7.62. The van der Waals surface area contributed by atoms with Crippen LogP contribution in [-0.4, -0.2) is 42.8 Å². The Morgan fingerprint density at radius 3 is 2.50 bits per heavy atom. The fourth-order valence-electron chi connectivity index (χ4n) is 2.65. The first kappa shape index (κ1) is 15.0. The van der Waals surface area contributed by atoms with Gasteiger partial charge >= 0.3 is 0 Å². The van der Waals surface area contributed by atoms with Crippen molar-refractivity contribution in [2.24, 2.45) is 0 Å². The van der Waals surface area contributed by atoms with Gasteiger partial charge in [-0.3, -0.25) is 4.79 Å². The SMILES string of the molecule is CCC(C)N(C(=O)c1ccccc1)C1CCS(=O)(=O)C1. The van der Waals surface area contributed by atoms with Crippen LogP contribution in [0.4, 0.5) is 0 Å². The van der Waals surface area contributed by atoms with Crippen LogP contribution in [0.25, 0.3) is 0 Å². The number of amides is 1. The van der Waals surface area contributed by atoms with E-state index >= 15 is 0 Å². The Morgan fingerprint density at radius 1 is 1.35 bits per heavy atom. The topological polar surface area (TPSA) is 54.5 Å². The minimum Gasteiger partial charge on any atom is -0.332 e. The molecule has 110 valence electrons.